The van der Waals surface area contributed by atoms with Crippen LogP contribution in [-0.2, 0) is 0 Å². The van der Waals surface area contributed by atoms with Gasteiger partial charge in [0.05, 0.1) is 6.10 Å². The van der Waals surface area contributed by atoms with Gasteiger partial charge in [-0.1, -0.05) is 33.1 Å². The van der Waals surface area contributed by atoms with Gasteiger partial charge in [-0.25, -0.2) is 0 Å². The van der Waals surface area contributed by atoms with Gasteiger partial charge in [-0.3, -0.25) is 4.90 Å². The van der Waals surface area contributed by atoms with E-state index in [-0.39, 0.29) is 6.10 Å². The highest BCUT2D eigenvalue weighted by Crippen LogP contribution is 2.35. The third-order valence-electron chi connectivity index (χ3n) is 5.28. The molecule has 2 fully saturated rings. The molecular weight excluding hydrogens is 222 g/mol. The monoisotopic (exact) mass is 253 g/mol. The van der Waals surface area contributed by atoms with Crippen molar-refractivity contribution in [1.29, 1.82) is 0 Å². The third kappa shape index (κ3) is 3.08. The van der Waals surface area contributed by atoms with E-state index >= 15 is 0 Å². The van der Waals surface area contributed by atoms with Gasteiger partial charge in [0.1, 0.15) is 0 Å². The number of nitrogens with zero attached hydrogens (tertiary/aromatic N) is 1. The van der Waals surface area contributed by atoms with Crippen LogP contribution < -0.4 is 0 Å². The molecule has 18 heavy (non-hydrogen) atoms. The summed E-state index contributed by atoms with van der Waals surface area (Å²) in [6.07, 6.45) is 11.4. The smallest absolute Gasteiger partial charge is 0.0583 e. The van der Waals surface area contributed by atoms with Gasteiger partial charge in [-0.2, -0.15) is 0 Å². The Morgan fingerprint density at radius 2 is 1.67 bits per heavy atom. The molecule has 3 unspecified atom stereocenters. The number of likely N-dealkylation sites (tertiary alicyclic amines) is 1. The van der Waals surface area contributed by atoms with Crippen LogP contribution >= 0.6 is 0 Å². The maximum Gasteiger partial charge on any atom is 0.0583 e. The van der Waals surface area contributed by atoms with Crippen molar-refractivity contribution in [3.63, 3.8) is 0 Å². The quantitative estimate of drug-likeness (QED) is 0.828. The molecule has 1 N–H and O–H groups in total. The Kier molecular flexibility index (Phi) is 5.50. The Morgan fingerprint density at radius 3 is 2.33 bits per heavy atom. The predicted octanol–water partition coefficient (Wildman–Crippen LogP) is 3.58. The molecule has 3 atom stereocenters. The lowest BCUT2D eigenvalue weighted by atomic mass is 9.77. The van der Waals surface area contributed by atoms with Crippen LogP contribution in [0, 0.1) is 5.92 Å². The zero-order chi connectivity index (χ0) is 13.0. The summed E-state index contributed by atoms with van der Waals surface area (Å²) in [5.74, 6) is 0.555. The Morgan fingerprint density at radius 1 is 1.00 bits per heavy atom. The topological polar surface area (TPSA) is 23.5 Å². The Balaban J connectivity index is 2.06. The summed E-state index contributed by atoms with van der Waals surface area (Å²) in [7, 11) is 0. The van der Waals surface area contributed by atoms with Crippen molar-refractivity contribution in [2.45, 2.75) is 89.8 Å². The average Bonchev–Trinajstić information content (AvgIpc) is 2.41. The van der Waals surface area contributed by atoms with Crippen molar-refractivity contribution in [3.8, 4) is 0 Å². The van der Waals surface area contributed by atoms with Gasteiger partial charge in [0, 0.05) is 18.0 Å². The minimum Gasteiger partial charge on any atom is -0.393 e. The van der Waals surface area contributed by atoms with Crippen LogP contribution in [0.3, 0.4) is 0 Å². The molecule has 0 radical (unpaired) electrons. The second kappa shape index (κ2) is 6.91. The number of rotatable bonds is 4. The molecule has 0 spiro atoms. The lowest BCUT2D eigenvalue weighted by molar-refractivity contribution is -0.0235. The van der Waals surface area contributed by atoms with Crippen LogP contribution in [-0.4, -0.2) is 34.7 Å². The van der Waals surface area contributed by atoms with E-state index in [1.165, 1.54) is 57.9 Å². The van der Waals surface area contributed by atoms with Crippen molar-refractivity contribution in [1.82, 2.24) is 4.90 Å². The minimum absolute atomic E-state index is 0.0290. The summed E-state index contributed by atoms with van der Waals surface area (Å²) in [4.78, 5) is 2.75. The number of aliphatic hydroxyl groups is 1. The number of aliphatic hydroxyl groups excluding tert-OH is 1. The van der Waals surface area contributed by atoms with Crippen LogP contribution in [0.25, 0.3) is 0 Å². The van der Waals surface area contributed by atoms with Crippen LogP contribution in [0.5, 0.6) is 0 Å². The average molecular weight is 253 g/mol. The van der Waals surface area contributed by atoms with Crippen molar-refractivity contribution >= 4 is 0 Å². The summed E-state index contributed by atoms with van der Waals surface area (Å²) in [5, 5.41) is 10.3. The van der Waals surface area contributed by atoms with E-state index in [4.69, 9.17) is 0 Å². The molecule has 0 bridgehead atoms. The molecule has 2 nitrogen and oxygen atoms in total. The second-order valence-corrected chi connectivity index (χ2v) is 6.29. The summed E-state index contributed by atoms with van der Waals surface area (Å²) in [5.41, 5.74) is 0. The fourth-order valence-corrected chi connectivity index (χ4v) is 4.24. The zero-order valence-corrected chi connectivity index (χ0v) is 12.3. The maximum absolute atomic E-state index is 10.3. The predicted molar refractivity (Wildman–Crippen MR) is 76.7 cm³/mol. The molecule has 2 rings (SSSR count). The fraction of sp³-hybridized carbons (Fsp3) is 1.00. The van der Waals surface area contributed by atoms with Crippen molar-refractivity contribution in [2.24, 2.45) is 5.92 Å². The SMILES string of the molecule is CCC(CC)N1CCCCC1C1CCCCC1O. The van der Waals surface area contributed by atoms with E-state index in [0.717, 1.165) is 12.5 Å². The Labute approximate surface area is 113 Å². The highest BCUT2D eigenvalue weighted by molar-refractivity contribution is 4.91. The van der Waals surface area contributed by atoms with E-state index in [0.29, 0.717) is 12.0 Å². The molecule has 2 aliphatic rings. The van der Waals surface area contributed by atoms with Crippen LogP contribution in [0.15, 0.2) is 0 Å². The summed E-state index contributed by atoms with van der Waals surface area (Å²) in [6, 6.07) is 1.41. The second-order valence-electron chi connectivity index (χ2n) is 6.29. The number of hydrogen-bond donors (Lipinski definition) is 1. The first-order chi connectivity index (χ1) is 8.77. The van der Waals surface area contributed by atoms with Gasteiger partial charge >= 0.3 is 0 Å². The highest BCUT2D eigenvalue weighted by atomic mass is 16.3. The molecule has 106 valence electrons. The third-order valence-corrected chi connectivity index (χ3v) is 5.28. The first kappa shape index (κ1) is 14.3. The number of piperidine rings is 1. The number of hydrogen-bond acceptors (Lipinski definition) is 2. The molecule has 0 amide bonds. The molecule has 1 saturated carbocycles. The van der Waals surface area contributed by atoms with E-state index in [2.05, 4.69) is 18.7 Å². The van der Waals surface area contributed by atoms with Crippen LogP contribution in [0.1, 0.15) is 71.6 Å². The summed E-state index contributed by atoms with van der Waals surface area (Å²) in [6.45, 7) is 5.90. The standard InChI is InChI=1S/C16H31NO/c1-3-13(4-2)17-12-8-7-10-15(17)14-9-5-6-11-16(14)18/h13-16,18H,3-12H2,1-2H3. The van der Waals surface area contributed by atoms with E-state index in [1.807, 2.05) is 0 Å². The fourth-order valence-electron chi connectivity index (χ4n) is 4.24. The van der Waals surface area contributed by atoms with Gasteiger partial charge < -0.3 is 5.11 Å². The van der Waals surface area contributed by atoms with Crippen molar-refractivity contribution < 1.29 is 5.11 Å². The normalized spacial score (nSPS) is 35.0. The Hall–Kier alpha value is -0.0800. The van der Waals surface area contributed by atoms with Crippen molar-refractivity contribution in [3.05, 3.63) is 0 Å². The lowest BCUT2D eigenvalue weighted by Crippen LogP contribution is -2.52. The van der Waals surface area contributed by atoms with Gasteiger partial charge in [0.25, 0.3) is 0 Å². The summed E-state index contributed by atoms with van der Waals surface area (Å²) >= 11 is 0. The van der Waals surface area contributed by atoms with Crippen molar-refractivity contribution in [2.75, 3.05) is 6.54 Å². The molecule has 1 saturated heterocycles. The molecule has 1 heterocycles. The molecule has 0 aromatic rings. The van der Waals surface area contributed by atoms with Gasteiger partial charge in [-0.05, 0) is 45.1 Å². The summed E-state index contributed by atoms with van der Waals surface area (Å²) < 4.78 is 0. The maximum atomic E-state index is 10.3. The first-order valence-corrected chi connectivity index (χ1v) is 8.21. The molecule has 2 heteroatoms. The molecule has 0 aromatic carbocycles. The van der Waals surface area contributed by atoms with E-state index in [1.54, 1.807) is 0 Å². The van der Waals surface area contributed by atoms with E-state index in [9.17, 15) is 5.11 Å². The molecule has 1 aliphatic heterocycles. The first-order valence-electron chi connectivity index (χ1n) is 8.21. The van der Waals surface area contributed by atoms with Crippen LogP contribution in [0.2, 0.25) is 0 Å². The van der Waals surface area contributed by atoms with Gasteiger partial charge in [0.15, 0.2) is 0 Å². The molecular formula is C16H31NO. The molecule has 0 aromatic heterocycles. The highest BCUT2D eigenvalue weighted by Gasteiger charge is 2.37. The minimum atomic E-state index is -0.0290. The van der Waals surface area contributed by atoms with Gasteiger partial charge in [-0.15, -0.1) is 0 Å². The van der Waals surface area contributed by atoms with E-state index < -0.39 is 0 Å². The zero-order valence-electron chi connectivity index (χ0n) is 12.3. The van der Waals surface area contributed by atoms with Gasteiger partial charge in [0.2, 0.25) is 0 Å². The lowest BCUT2D eigenvalue weighted by Gasteiger charge is -2.47. The van der Waals surface area contributed by atoms with Crippen LogP contribution in [0.4, 0.5) is 0 Å². The largest absolute Gasteiger partial charge is 0.393 e. The Bertz CT molecular complexity index is 239. The molecule has 1 aliphatic carbocycles.